The van der Waals surface area contributed by atoms with Gasteiger partial charge in [-0.3, -0.25) is 10.1 Å². The van der Waals surface area contributed by atoms with Gasteiger partial charge in [-0.25, -0.2) is 4.39 Å². The Kier molecular flexibility index (Phi) is 13.0. The Morgan fingerprint density at radius 2 is 1.73 bits per heavy atom. The van der Waals surface area contributed by atoms with E-state index in [0.29, 0.717) is 72.7 Å². The van der Waals surface area contributed by atoms with Crippen LogP contribution in [0.3, 0.4) is 0 Å². The smallest absolute Gasteiger partial charge is 0.195 e. The van der Waals surface area contributed by atoms with Crippen LogP contribution in [0.25, 0.3) is 16.6 Å². The summed E-state index contributed by atoms with van der Waals surface area (Å²) in [6.07, 6.45) is 3.40. The molecule has 0 fully saturated rings. The van der Waals surface area contributed by atoms with E-state index in [4.69, 9.17) is 24.1 Å². The summed E-state index contributed by atoms with van der Waals surface area (Å²) in [4.78, 5) is 4.60. The number of aliphatic hydroxyl groups is 1. The predicted octanol–water partition coefficient (Wildman–Crippen LogP) is 4.18. The number of H-pyrrole nitrogens is 1. The van der Waals surface area contributed by atoms with E-state index in [1.54, 1.807) is 31.5 Å². The molecule has 0 bridgehead atoms. The van der Waals surface area contributed by atoms with Crippen molar-refractivity contribution in [2.75, 3.05) is 65.2 Å². The zero-order valence-corrected chi connectivity index (χ0v) is 24.8. The highest BCUT2D eigenvalue weighted by Crippen LogP contribution is 2.35. The van der Waals surface area contributed by atoms with Gasteiger partial charge in [0.15, 0.2) is 16.5 Å². The summed E-state index contributed by atoms with van der Waals surface area (Å²) in [5.74, 6) is 0.582. The average Bonchev–Trinajstić information content (AvgIpc) is 3.34. The molecule has 0 saturated carbocycles. The van der Waals surface area contributed by atoms with Crippen molar-refractivity contribution in [3.05, 3.63) is 53.9 Å². The standard InChI is InChI=1S/C29H39FN4O6S/c1-29(2,3)41(36)27-19-21(5-8-26(27)40-18-17-39-16-15-38-14-13-37-12-11-35)24(9-10-31-4)32-28-23-20-22(30)6-7-25(23)33-34-28/h5-10,19-20,35H,11-18H2,1-4H3,(H2,32,33,34)/b24-9+,31-10-. The van der Waals surface area contributed by atoms with Crippen LogP contribution in [0.1, 0.15) is 26.3 Å². The molecule has 0 amide bonds. The van der Waals surface area contributed by atoms with E-state index in [9.17, 15) is 8.94 Å². The van der Waals surface area contributed by atoms with E-state index in [1.807, 2.05) is 32.9 Å². The maximum Gasteiger partial charge on any atom is 0.195 e. The number of aliphatic hydroxyl groups excluding tert-OH is 1. The Morgan fingerprint density at radius 3 is 2.39 bits per heavy atom. The molecule has 1 unspecified atom stereocenters. The summed E-state index contributed by atoms with van der Waals surface area (Å²) in [5.41, 5.74) is 2.06. The second-order valence-electron chi connectivity index (χ2n) is 9.83. The normalized spacial score (nSPS) is 13.3. The Morgan fingerprint density at radius 1 is 1.05 bits per heavy atom. The van der Waals surface area contributed by atoms with Gasteiger partial charge in [-0.15, -0.1) is 0 Å². The Labute approximate surface area is 243 Å². The van der Waals surface area contributed by atoms with Gasteiger partial charge in [0.2, 0.25) is 0 Å². The second kappa shape index (κ2) is 16.4. The monoisotopic (exact) mass is 590 g/mol. The van der Waals surface area contributed by atoms with Crippen molar-refractivity contribution in [1.29, 1.82) is 0 Å². The van der Waals surface area contributed by atoms with Crippen LogP contribution in [-0.2, 0) is 25.4 Å². The highest BCUT2D eigenvalue weighted by Gasteiger charge is 2.31. The van der Waals surface area contributed by atoms with Crippen LogP contribution in [0.15, 0.2) is 52.4 Å². The Hall–Kier alpha value is -3.00. The van der Waals surface area contributed by atoms with Crippen molar-refractivity contribution in [2.45, 2.75) is 30.4 Å². The number of aliphatic imine (C=N–C) groups is 1. The number of aromatic amines is 1. The number of aromatic nitrogens is 2. The lowest BCUT2D eigenvalue weighted by Gasteiger charge is -2.26. The summed E-state index contributed by atoms with van der Waals surface area (Å²) in [6, 6.07) is 9.86. The van der Waals surface area contributed by atoms with E-state index < -0.39 is 15.9 Å². The molecule has 2 aromatic carbocycles. The van der Waals surface area contributed by atoms with E-state index in [-0.39, 0.29) is 19.0 Å². The fraction of sp³-hybridized carbons (Fsp3) is 0.448. The minimum absolute atomic E-state index is 0.00980. The van der Waals surface area contributed by atoms with Crippen LogP contribution in [0, 0.1) is 5.82 Å². The van der Waals surface area contributed by atoms with Gasteiger partial charge < -0.3 is 33.9 Å². The molecular formula is C29H39FN4O6S. The number of anilines is 1. The van der Waals surface area contributed by atoms with Gasteiger partial charge in [-0.2, -0.15) is 5.10 Å². The number of benzene rings is 2. The maximum absolute atomic E-state index is 13.9. The van der Waals surface area contributed by atoms with E-state index in [2.05, 4.69) is 20.5 Å². The lowest BCUT2D eigenvalue weighted by atomic mass is 10.1. The molecule has 0 spiro atoms. The molecule has 10 nitrogen and oxygen atoms in total. The van der Waals surface area contributed by atoms with E-state index in [0.717, 1.165) is 5.56 Å². The molecule has 41 heavy (non-hydrogen) atoms. The first-order valence-electron chi connectivity index (χ1n) is 13.3. The zero-order chi connectivity index (χ0) is 29.7. The Bertz CT molecular complexity index is 1290. The van der Waals surface area contributed by atoms with Gasteiger partial charge >= 0.3 is 0 Å². The van der Waals surface area contributed by atoms with Crippen LogP contribution >= 0.6 is 0 Å². The van der Waals surface area contributed by atoms with Gasteiger partial charge in [0.1, 0.15) is 17.2 Å². The molecule has 12 heteroatoms. The zero-order valence-electron chi connectivity index (χ0n) is 23.9. The third-order valence-corrected chi connectivity index (χ3v) is 7.47. The fourth-order valence-electron chi connectivity index (χ4n) is 3.65. The minimum Gasteiger partial charge on any atom is -0.611 e. The number of hydrogen-bond donors (Lipinski definition) is 3. The number of fused-ring (bicyclic) bond motifs is 1. The predicted molar refractivity (Wildman–Crippen MR) is 160 cm³/mol. The highest BCUT2D eigenvalue weighted by molar-refractivity contribution is 7.92. The van der Waals surface area contributed by atoms with Crippen LogP contribution in [0.2, 0.25) is 0 Å². The third-order valence-electron chi connectivity index (χ3n) is 5.64. The molecule has 3 aromatic rings. The quantitative estimate of drug-likeness (QED) is 0.121. The molecule has 3 rings (SSSR count). The SMILES string of the molecule is C/N=C\C=C(\Nc1n[nH]c2ccc(F)cc12)c1ccc(OCCOCCOCCOCCO)c([S+]([O-])C(C)(C)C)c1. The summed E-state index contributed by atoms with van der Waals surface area (Å²) in [5, 5.41) is 19.7. The average molecular weight is 591 g/mol. The summed E-state index contributed by atoms with van der Waals surface area (Å²) < 4.78 is 49.0. The van der Waals surface area contributed by atoms with Crippen molar-refractivity contribution in [3.63, 3.8) is 0 Å². The number of ether oxygens (including phenoxy) is 4. The highest BCUT2D eigenvalue weighted by atomic mass is 32.2. The summed E-state index contributed by atoms with van der Waals surface area (Å²) in [7, 11) is 1.66. The Balaban J connectivity index is 1.71. The topological polar surface area (TPSA) is 133 Å². The van der Waals surface area contributed by atoms with Crippen molar-refractivity contribution >= 4 is 39.8 Å². The van der Waals surface area contributed by atoms with Crippen LogP contribution in [0.5, 0.6) is 5.75 Å². The number of nitrogens with one attached hydrogen (secondary N) is 2. The van der Waals surface area contributed by atoms with Gasteiger partial charge in [0.25, 0.3) is 0 Å². The molecule has 0 aliphatic rings. The molecular weight excluding hydrogens is 551 g/mol. The number of hydrogen-bond acceptors (Lipinski definition) is 9. The molecule has 1 heterocycles. The van der Waals surface area contributed by atoms with Crippen LogP contribution < -0.4 is 10.1 Å². The van der Waals surface area contributed by atoms with Crippen molar-refractivity contribution < 1.29 is 33.0 Å². The molecule has 0 saturated heterocycles. The second-order valence-corrected chi connectivity index (χ2v) is 12.0. The number of halogens is 1. The first-order chi connectivity index (χ1) is 19.7. The molecule has 0 aliphatic heterocycles. The van der Waals surface area contributed by atoms with Crippen molar-refractivity contribution in [3.8, 4) is 5.75 Å². The van der Waals surface area contributed by atoms with Gasteiger partial charge in [0.05, 0.1) is 51.8 Å². The maximum atomic E-state index is 13.9. The summed E-state index contributed by atoms with van der Waals surface area (Å²) >= 11 is -1.40. The van der Waals surface area contributed by atoms with Gasteiger partial charge in [-0.1, -0.05) is 0 Å². The van der Waals surface area contributed by atoms with Crippen LogP contribution in [0.4, 0.5) is 10.2 Å². The van der Waals surface area contributed by atoms with Gasteiger partial charge in [0, 0.05) is 36.0 Å². The molecule has 0 radical (unpaired) electrons. The summed E-state index contributed by atoms with van der Waals surface area (Å²) in [6.45, 7) is 8.25. The lowest BCUT2D eigenvalue weighted by Crippen LogP contribution is -2.28. The number of rotatable bonds is 17. The van der Waals surface area contributed by atoms with E-state index in [1.165, 1.54) is 12.1 Å². The molecule has 3 N–H and O–H groups in total. The largest absolute Gasteiger partial charge is 0.611 e. The molecule has 224 valence electrons. The van der Waals surface area contributed by atoms with Crippen LogP contribution in [-0.4, -0.2) is 90.7 Å². The van der Waals surface area contributed by atoms with Crippen molar-refractivity contribution in [1.82, 2.24) is 10.2 Å². The van der Waals surface area contributed by atoms with Gasteiger partial charge in [-0.05, 0) is 68.4 Å². The third kappa shape index (κ3) is 10.1. The molecule has 1 atom stereocenters. The van der Waals surface area contributed by atoms with E-state index >= 15 is 0 Å². The first kappa shape index (κ1) is 32.5. The molecule has 0 aliphatic carbocycles. The minimum atomic E-state index is -1.40. The van der Waals surface area contributed by atoms with Crippen molar-refractivity contribution in [2.24, 2.45) is 4.99 Å². The number of nitrogens with zero attached hydrogens (tertiary/aromatic N) is 2. The molecule has 1 aromatic heterocycles. The number of allylic oxidation sites excluding steroid dienone is 1. The lowest BCUT2D eigenvalue weighted by molar-refractivity contribution is 0.00349. The fourth-order valence-corrected chi connectivity index (χ4v) is 4.86. The first-order valence-corrected chi connectivity index (χ1v) is 14.5.